The Labute approximate surface area is 121 Å². The van der Waals surface area contributed by atoms with E-state index < -0.39 is 0 Å². The number of aromatic amines is 1. The molecule has 21 heavy (non-hydrogen) atoms. The van der Waals surface area contributed by atoms with Crippen LogP contribution >= 0.6 is 0 Å². The SMILES string of the molecule is COc1ccc2[nH]c(O)c(N=Nc3ccc(C)cc3)c2c1. The first-order valence-electron chi connectivity index (χ1n) is 6.54. The van der Waals surface area contributed by atoms with Gasteiger partial charge in [-0.2, -0.15) is 5.11 Å². The van der Waals surface area contributed by atoms with Gasteiger partial charge in [0.15, 0.2) is 5.69 Å². The average Bonchev–Trinajstić information content (AvgIpc) is 2.81. The molecule has 5 heteroatoms. The van der Waals surface area contributed by atoms with Crippen molar-refractivity contribution in [2.24, 2.45) is 10.2 Å². The second kappa shape index (κ2) is 5.28. The van der Waals surface area contributed by atoms with Gasteiger partial charge in [0.05, 0.1) is 18.3 Å². The third-order valence-electron chi connectivity index (χ3n) is 3.26. The fourth-order valence-corrected chi connectivity index (χ4v) is 2.09. The molecule has 3 rings (SSSR count). The zero-order valence-electron chi connectivity index (χ0n) is 11.8. The summed E-state index contributed by atoms with van der Waals surface area (Å²) in [5.74, 6) is 0.697. The Morgan fingerprint density at radius 1 is 1.05 bits per heavy atom. The Bertz CT molecular complexity index is 804. The molecule has 0 aliphatic carbocycles. The van der Waals surface area contributed by atoms with E-state index >= 15 is 0 Å². The topological polar surface area (TPSA) is 70.0 Å². The van der Waals surface area contributed by atoms with E-state index in [1.165, 1.54) is 0 Å². The molecular weight excluding hydrogens is 266 g/mol. The van der Waals surface area contributed by atoms with Crippen molar-refractivity contribution < 1.29 is 9.84 Å². The number of rotatable bonds is 3. The van der Waals surface area contributed by atoms with Gasteiger partial charge in [0, 0.05) is 5.39 Å². The van der Waals surface area contributed by atoms with E-state index in [0.29, 0.717) is 11.4 Å². The summed E-state index contributed by atoms with van der Waals surface area (Å²) in [5.41, 5.74) is 3.08. The van der Waals surface area contributed by atoms with Crippen molar-refractivity contribution >= 4 is 22.3 Å². The lowest BCUT2D eigenvalue weighted by molar-refractivity contribution is 0.415. The van der Waals surface area contributed by atoms with Crippen LogP contribution < -0.4 is 4.74 Å². The number of fused-ring (bicyclic) bond motifs is 1. The van der Waals surface area contributed by atoms with E-state index in [4.69, 9.17) is 4.74 Å². The molecule has 2 N–H and O–H groups in total. The Balaban J connectivity index is 2.03. The highest BCUT2D eigenvalue weighted by molar-refractivity contribution is 5.95. The van der Waals surface area contributed by atoms with Crippen molar-refractivity contribution in [1.82, 2.24) is 4.98 Å². The van der Waals surface area contributed by atoms with Crippen LogP contribution in [-0.2, 0) is 0 Å². The highest BCUT2D eigenvalue weighted by atomic mass is 16.5. The number of nitrogens with one attached hydrogen (secondary N) is 1. The number of ether oxygens (including phenoxy) is 1. The van der Waals surface area contributed by atoms with E-state index in [1.807, 2.05) is 49.4 Å². The van der Waals surface area contributed by atoms with Crippen LogP contribution in [0, 0.1) is 6.92 Å². The van der Waals surface area contributed by atoms with Gasteiger partial charge in [0.1, 0.15) is 5.75 Å². The lowest BCUT2D eigenvalue weighted by Gasteiger charge is -1.99. The van der Waals surface area contributed by atoms with Crippen molar-refractivity contribution in [3.8, 4) is 11.6 Å². The van der Waals surface area contributed by atoms with E-state index in [-0.39, 0.29) is 5.88 Å². The highest BCUT2D eigenvalue weighted by Gasteiger charge is 2.11. The molecule has 0 bridgehead atoms. The maximum absolute atomic E-state index is 9.97. The van der Waals surface area contributed by atoms with Crippen LogP contribution in [0.15, 0.2) is 52.7 Å². The molecule has 0 aliphatic rings. The minimum absolute atomic E-state index is 0.00545. The van der Waals surface area contributed by atoms with Gasteiger partial charge in [-0.05, 0) is 37.3 Å². The third-order valence-corrected chi connectivity index (χ3v) is 3.26. The number of H-pyrrole nitrogens is 1. The molecule has 0 unspecified atom stereocenters. The fraction of sp³-hybridized carbons (Fsp3) is 0.125. The standard InChI is InChI=1S/C16H15N3O2/c1-10-3-5-11(6-4-10)18-19-15-13-9-12(21-2)7-8-14(13)17-16(15)20/h3-9,17,20H,1-2H3. The molecule has 0 amide bonds. The minimum atomic E-state index is -0.00545. The normalized spacial score (nSPS) is 11.3. The number of hydrogen-bond donors (Lipinski definition) is 2. The summed E-state index contributed by atoms with van der Waals surface area (Å²) in [6.07, 6.45) is 0. The van der Waals surface area contributed by atoms with Crippen molar-refractivity contribution in [3.05, 3.63) is 48.0 Å². The predicted octanol–water partition coefficient (Wildman–Crippen LogP) is 4.61. The number of aromatic nitrogens is 1. The average molecular weight is 281 g/mol. The molecule has 0 atom stereocenters. The maximum Gasteiger partial charge on any atom is 0.218 e. The Morgan fingerprint density at radius 3 is 2.52 bits per heavy atom. The van der Waals surface area contributed by atoms with Crippen LogP contribution in [0.2, 0.25) is 0 Å². The number of benzene rings is 2. The lowest BCUT2D eigenvalue weighted by Crippen LogP contribution is -1.80. The van der Waals surface area contributed by atoms with E-state index in [1.54, 1.807) is 7.11 Å². The van der Waals surface area contributed by atoms with Crippen molar-refractivity contribution in [1.29, 1.82) is 0 Å². The fourth-order valence-electron chi connectivity index (χ4n) is 2.09. The Morgan fingerprint density at radius 2 is 1.81 bits per heavy atom. The quantitative estimate of drug-likeness (QED) is 0.688. The molecule has 106 valence electrons. The maximum atomic E-state index is 9.97. The van der Waals surface area contributed by atoms with Crippen LogP contribution in [0.3, 0.4) is 0 Å². The number of aromatic hydroxyl groups is 1. The number of methoxy groups -OCH3 is 1. The molecule has 2 aromatic carbocycles. The smallest absolute Gasteiger partial charge is 0.218 e. The zero-order chi connectivity index (χ0) is 14.8. The molecule has 0 fully saturated rings. The first kappa shape index (κ1) is 13.2. The first-order chi connectivity index (χ1) is 10.2. The molecule has 0 saturated carbocycles. The van der Waals surface area contributed by atoms with Crippen LogP contribution in [0.25, 0.3) is 10.9 Å². The first-order valence-corrected chi connectivity index (χ1v) is 6.54. The Hall–Kier alpha value is -2.82. The Kier molecular flexibility index (Phi) is 3.31. The summed E-state index contributed by atoms with van der Waals surface area (Å²) in [6, 6.07) is 13.2. The molecule has 1 aromatic heterocycles. The van der Waals surface area contributed by atoms with Gasteiger partial charge in [-0.1, -0.05) is 17.7 Å². The van der Waals surface area contributed by atoms with Crippen molar-refractivity contribution in [3.63, 3.8) is 0 Å². The summed E-state index contributed by atoms with van der Waals surface area (Å²) >= 11 is 0. The minimum Gasteiger partial charge on any atom is -0.497 e. The van der Waals surface area contributed by atoms with Crippen molar-refractivity contribution in [2.75, 3.05) is 7.11 Å². The second-order valence-corrected chi connectivity index (χ2v) is 4.77. The number of aryl methyl sites for hydroxylation is 1. The largest absolute Gasteiger partial charge is 0.497 e. The number of hydrogen-bond acceptors (Lipinski definition) is 4. The zero-order valence-corrected chi connectivity index (χ0v) is 11.8. The summed E-state index contributed by atoms with van der Waals surface area (Å²) in [4.78, 5) is 2.87. The van der Waals surface area contributed by atoms with Gasteiger partial charge < -0.3 is 14.8 Å². The summed E-state index contributed by atoms with van der Waals surface area (Å²) in [7, 11) is 1.60. The van der Waals surface area contributed by atoms with E-state index in [9.17, 15) is 5.11 Å². The number of azo groups is 1. The monoisotopic (exact) mass is 281 g/mol. The molecule has 0 radical (unpaired) electrons. The summed E-state index contributed by atoms with van der Waals surface area (Å²) < 4.78 is 5.19. The van der Waals surface area contributed by atoms with Crippen LogP contribution in [-0.4, -0.2) is 17.2 Å². The van der Waals surface area contributed by atoms with Crippen LogP contribution in [0.5, 0.6) is 11.6 Å². The van der Waals surface area contributed by atoms with E-state index in [0.717, 1.165) is 22.2 Å². The van der Waals surface area contributed by atoms with Crippen molar-refractivity contribution in [2.45, 2.75) is 6.92 Å². The third kappa shape index (κ3) is 2.58. The van der Waals surface area contributed by atoms with E-state index in [2.05, 4.69) is 15.2 Å². The molecular formula is C16H15N3O2. The molecule has 5 nitrogen and oxygen atoms in total. The summed E-state index contributed by atoms with van der Waals surface area (Å²) in [5, 5.41) is 19.1. The molecule has 3 aromatic rings. The van der Waals surface area contributed by atoms with Gasteiger partial charge in [-0.15, -0.1) is 5.11 Å². The van der Waals surface area contributed by atoms with Gasteiger partial charge in [0.25, 0.3) is 0 Å². The molecule has 0 spiro atoms. The predicted molar refractivity (Wildman–Crippen MR) is 81.9 cm³/mol. The van der Waals surface area contributed by atoms with Crippen LogP contribution in [0.1, 0.15) is 5.56 Å². The van der Waals surface area contributed by atoms with Gasteiger partial charge in [0.2, 0.25) is 5.88 Å². The molecule has 0 saturated heterocycles. The summed E-state index contributed by atoms with van der Waals surface area (Å²) in [6.45, 7) is 2.01. The molecule has 0 aliphatic heterocycles. The van der Waals surface area contributed by atoms with Gasteiger partial charge in [-0.25, -0.2) is 0 Å². The lowest BCUT2D eigenvalue weighted by atomic mass is 10.2. The van der Waals surface area contributed by atoms with Crippen LogP contribution in [0.4, 0.5) is 11.4 Å². The highest BCUT2D eigenvalue weighted by Crippen LogP contribution is 2.37. The van der Waals surface area contributed by atoms with Gasteiger partial charge >= 0.3 is 0 Å². The number of nitrogens with zero attached hydrogens (tertiary/aromatic N) is 2. The molecule has 1 heterocycles. The van der Waals surface area contributed by atoms with Gasteiger partial charge in [-0.3, -0.25) is 0 Å². The second-order valence-electron chi connectivity index (χ2n) is 4.77.